The van der Waals surface area contributed by atoms with Gasteiger partial charge in [0.25, 0.3) is 6.33 Å². The van der Waals surface area contributed by atoms with E-state index in [9.17, 15) is 0 Å². The highest BCUT2D eigenvalue weighted by atomic mass is 16.5. The average molecular weight is 943 g/mol. The Morgan fingerprint density at radius 2 is 1.04 bits per heavy atom. The van der Waals surface area contributed by atoms with Crippen LogP contribution in [0.15, 0.2) is 219 Å². The maximum atomic E-state index is 6.93. The Hall–Kier alpha value is -8.80. The molecule has 13 rings (SSSR count). The lowest BCUT2D eigenvalue weighted by Gasteiger charge is -2.20. The predicted molar refractivity (Wildman–Crippen MR) is 300 cm³/mol. The molecular formula is C68H54N4O. The number of para-hydroxylation sites is 2. The smallest absolute Gasteiger partial charge is 0.269 e. The highest BCUT2D eigenvalue weighted by Crippen LogP contribution is 2.45. The van der Waals surface area contributed by atoms with Gasteiger partial charge in [0.2, 0.25) is 0 Å². The minimum atomic E-state index is -0.0512. The Balaban J connectivity index is 0.961. The van der Waals surface area contributed by atoms with Gasteiger partial charge >= 0.3 is 0 Å². The van der Waals surface area contributed by atoms with Gasteiger partial charge in [0.1, 0.15) is 17.3 Å². The molecule has 73 heavy (non-hydrogen) atoms. The highest BCUT2D eigenvalue weighted by Gasteiger charge is 2.27. The van der Waals surface area contributed by atoms with Crippen LogP contribution in [0.3, 0.4) is 0 Å². The van der Waals surface area contributed by atoms with Crippen LogP contribution >= 0.6 is 0 Å². The molecule has 0 aliphatic carbocycles. The van der Waals surface area contributed by atoms with Crippen molar-refractivity contribution in [2.75, 3.05) is 0 Å². The van der Waals surface area contributed by atoms with Crippen molar-refractivity contribution in [3.05, 3.63) is 236 Å². The minimum Gasteiger partial charge on any atom is -0.458 e. The van der Waals surface area contributed by atoms with Gasteiger partial charge < -0.3 is 4.74 Å². The Morgan fingerprint density at radius 1 is 0.425 bits per heavy atom. The van der Waals surface area contributed by atoms with Gasteiger partial charge in [-0.3, -0.25) is 13.7 Å². The van der Waals surface area contributed by atoms with Gasteiger partial charge in [-0.15, -0.1) is 0 Å². The molecule has 0 N–H and O–H groups in total. The Bertz CT molecular complexity index is 4120. The van der Waals surface area contributed by atoms with Crippen molar-refractivity contribution in [1.82, 2.24) is 14.1 Å². The summed E-state index contributed by atoms with van der Waals surface area (Å²) in [6.07, 6.45) is 5.87. The van der Waals surface area contributed by atoms with E-state index in [1.165, 1.54) is 44.5 Å². The summed E-state index contributed by atoms with van der Waals surface area (Å²) < 4.78 is 13.7. The van der Waals surface area contributed by atoms with Crippen molar-refractivity contribution < 1.29 is 9.30 Å². The molecule has 0 spiro atoms. The van der Waals surface area contributed by atoms with E-state index in [4.69, 9.17) is 9.72 Å². The number of nitrogens with zero attached hydrogens (tertiary/aromatic N) is 4. The Morgan fingerprint density at radius 3 is 1.78 bits per heavy atom. The van der Waals surface area contributed by atoms with Crippen LogP contribution in [-0.4, -0.2) is 14.1 Å². The molecule has 5 nitrogen and oxygen atoms in total. The molecule has 0 unspecified atom stereocenters. The van der Waals surface area contributed by atoms with E-state index in [-0.39, 0.29) is 10.8 Å². The molecule has 4 heterocycles. The molecule has 0 saturated carbocycles. The fraction of sp³-hybridized carbons (Fsp3) is 0.118. The molecule has 3 aromatic heterocycles. The van der Waals surface area contributed by atoms with Crippen molar-refractivity contribution in [2.24, 2.45) is 0 Å². The molecule has 0 atom stereocenters. The molecule has 0 saturated heterocycles. The molecule has 352 valence electrons. The topological polar surface area (TPSA) is 35.9 Å². The number of pyridine rings is 1. The van der Waals surface area contributed by atoms with E-state index in [0.29, 0.717) is 0 Å². The molecule has 0 radical (unpaired) electrons. The van der Waals surface area contributed by atoms with Gasteiger partial charge in [-0.2, -0.15) is 0 Å². The maximum Gasteiger partial charge on any atom is 0.269 e. The lowest BCUT2D eigenvalue weighted by molar-refractivity contribution is -0.570. The lowest BCUT2D eigenvalue weighted by Crippen LogP contribution is -2.32. The standard InChI is InChI=1S/C68H54N4O/c1-67(2,3)47-32-29-44(30-33-47)46-31-36-61-60(39-46)57-35-34-51(42-63(57)72(61)64-40-48(37-38-69-64)68(4,5)6)73-50-20-14-19-49(41-50)70-43-71-65-52(45-17-8-7-9-18-45)25-15-26-58(65)55-23-12-10-21-53(55)54-22-11-13-24-56(54)59-27-16-28-62(70)66(59)71/h7-42H,1-6H3. The summed E-state index contributed by atoms with van der Waals surface area (Å²) in [4.78, 5) is 5.00. The number of aromatic nitrogens is 4. The van der Waals surface area contributed by atoms with Crippen molar-refractivity contribution in [1.29, 1.82) is 0 Å². The summed E-state index contributed by atoms with van der Waals surface area (Å²) in [5, 5.41) is 2.29. The summed E-state index contributed by atoms with van der Waals surface area (Å²) in [6.45, 7) is 13.5. The van der Waals surface area contributed by atoms with E-state index < -0.39 is 0 Å². The van der Waals surface area contributed by atoms with Gasteiger partial charge in [0.15, 0.2) is 0 Å². The number of fused-ring (bicyclic) bond motifs is 10. The normalized spacial score (nSPS) is 12.2. The molecular weight excluding hydrogens is 889 g/mol. The second-order valence-corrected chi connectivity index (χ2v) is 21.4. The van der Waals surface area contributed by atoms with Crippen LogP contribution in [0.2, 0.25) is 0 Å². The van der Waals surface area contributed by atoms with Crippen molar-refractivity contribution in [2.45, 2.75) is 52.4 Å². The zero-order valence-corrected chi connectivity index (χ0v) is 42.0. The number of imidazole rings is 1. The molecule has 9 aromatic carbocycles. The van der Waals surface area contributed by atoms with Crippen molar-refractivity contribution in [3.8, 4) is 84.3 Å². The quantitative estimate of drug-likeness (QED) is 0.123. The van der Waals surface area contributed by atoms with Crippen LogP contribution in [0, 0.1) is 6.33 Å². The van der Waals surface area contributed by atoms with Crippen molar-refractivity contribution in [3.63, 3.8) is 0 Å². The summed E-state index contributed by atoms with van der Waals surface area (Å²) in [6, 6.07) is 76.6. The third-order valence-electron chi connectivity index (χ3n) is 14.7. The van der Waals surface area contributed by atoms with E-state index >= 15 is 0 Å². The van der Waals surface area contributed by atoms with Gasteiger partial charge in [-0.05, 0) is 132 Å². The first kappa shape index (κ1) is 44.2. The molecule has 12 aromatic rings. The molecule has 0 bridgehead atoms. The second kappa shape index (κ2) is 16.9. The van der Waals surface area contributed by atoms with Crippen molar-refractivity contribution >= 4 is 32.8 Å². The predicted octanol–water partition coefficient (Wildman–Crippen LogP) is 17.2. The third kappa shape index (κ3) is 7.54. The number of benzene rings is 9. The fourth-order valence-corrected chi connectivity index (χ4v) is 11.0. The lowest BCUT2D eigenvalue weighted by atomic mass is 9.86. The van der Waals surface area contributed by atoms with Gasteiger partial charge in [0.05, 0.1) is 33.4 Å². The Kier molecular flexibility index (Phi) is 10.2. The molecule has 0 fully saturated rings. The van der Waals surface area contributed by atoms with Gasteiger partial charge in [-0.1, -0.05) is 193 Å². The SMILES string of the molecule is CC(C)(C)c1ccc(-c2ccc3c(c2)c2ccc(Oc4cccc(-n5[c-][n+]6c7c(cccc75)-c5ccccc5-c5ccccc5-c5cccc(-c7ccccc7)c5-6)c4)cc2n3-c2cc(C(C)(C)C)ccn2)cc1. The zero-order valence-electron chi connectivity index (χ0n) is 42.0. The number of rotatable bonds is 6. The third-order valence-corrected chi connectivity index (χ3v) is 14.7. The minimum absolute atomic E-state index is 0.0512. The van der Waals surface area contributed by atoms with E-state index in [2.05, 4.69) is 268 Å². The molecule has 0 amide bonds. The zero-order chi connectivity index (χ0) is 49.6. The Labute approximate surface area is 426 Å². The summed E-state index contributed by atoms with van der Waals surface area (Å²) >= 11 is 0. The maximum absolute atomic E-state index is 6.93. The molecule has 5 heteroatoms. The van der Waals surface area contributed by atoms with Gasteiger partial charge in [-0.25, -0.2) is 4.98 Å². The van der Waals surface area contributed by atoms with Crippen LogP contribution in [0.5, 0.6) is 11.5 Å². The molecule has 1 aliphatic rings. The number of hydrogen-bond acceptors (Lipinski definition) is 2. The fourth-order valence-electron chi connectivity index (χ4n) is 11.0. The van der Waals surface area contributed by atoms with Crippen LogP contribution in [0.4, 0.5) is 0 Å². The molecule has 1 aliphatic heterocycles. The van der Waals surface area contributed by atoms with E-state index in [1.54, 1.807) is 0 Å². The van der Waals surface area contributed by atoms with Crippen LogP contribution < -0.4 is 9.30 Å². The first-order valence-electron chi connectivity index (χ1n) is 25.3. The largest absolute Gasteiger partial charge is 0.458 e. The monoisotopic (exact) mass is 942 g/mol. The second-order valence-electron chi connectivity index (χ2n) is 21.4. The van der Waals surface area contributed by atoms with Crippen LogP contribution in [0.1, 0.15) is 52.7 Å². The van der Waals surface area contributed by atoms with Crippen LogP contribution in [0.25, 0.3) is 106 Å². The summed E-state index contributed by atoms with van der Waals surface area (Å²) in [5.74, 6) is 2.33. The average Bonchev–Trinajstić information content (AvgIpc) is 3.97. The summed E-state index contributed by atoms with van der Waals surface area (Å²) in [7, 11) is 0. The first-order valence-corrected chi connectivity index (χ1v) is 25.3. The summed E-state index contributed by atoms with van der Waals surface area (Å²) in [5.41, 5.74) is 20.5. The first-order chi connectivity index (χ1) is 35.5. The highest BCUT2D eigenvalue weighted by molar-refractivity contribution is 6.11. The number of hydrogen-bond donors (Lipinski definition) is 0. The number of ether oxygens (including phenoxy) is 1. The van der Waals surface area contributed by atoms with E-state index in [0.717, 1.165) is 83.8 Å². The van der Waals surface area contributed by atoms with Gasteiger partial charge in [0, 0.05) is 23.0 Å². The van der Waals surface area contributed by atoms with Crippen LogP contribution in [-0.2, 0) is 10.8 Å². The van der Waals surface area contributed by atoms with E-state index in [1.807, 2.05) is 12.3 Å².